The minimum absolute atomic E-state index is 0.00395. The molecule has 0 radical (unpaired) electrons. The third kappa shape index (κ3) is 5.51. The summed E-state index contributed by atoms with van der Waals surface area (Å²) in [5.41, 5.74) is 0.453. The average molecular weight is 305 g/mol. The molecule has 4 heteroatoms. The molecule has 0 unspecified atom stereocenters. The van der Waals surface area contributed by atoms with Gasteiger partial charge in [-0.1, -0.05) is 37.3 Å². The van der Waals surface area contributed by atoms with Crippen molar-refractivity contribution in [2.75, 3.05) is 14.1 Å². The Bertz CT molecular complexity index is 503. The van der Waals surface area contributed by atoms with Crippen LogP contribution < -0.4 is 0 Å². The molecule has 1 aromatic carbocycles. The number of benzene rings is 1. The largest absolute Gasteiger partial charge is 0.460 e. The zero-order valence-corrected chi connectivity index (χ0v) is 14.4. The van der Waals surface area contributed by atoms with E-state index in [-0.39, 0.29) is 30.1 Å². The highest BCUT2D eigenvalue weighted by atomic mass is 16.6. The predicted octanol–water partition coefficient (Wildman–Crippen LogP) is 3.23. The Kier molecular flexibility index (Phi) is 6.15. The monoisotopic (exact) mass is 305 g/mol. The van der Waals surface area contributed by atoms with Crippen molar-refractivity contribution in [1.29, 1.82) is 0 Å². The Morgan fingerprint density at radius 2 is 1.68 bits per heavy atom. The number of amides is 1. The fourth-order valence-corrected chi connectivity index (χ4v) is 2.21. The Morgan fingerprint density at radius 3 is 2.14 bits per heavy atom. The molecule has 0 fully saturated rings. The van der Waals surface area contributed by atoms with Crippen LogP contribution in [-0.2, 0) is 14.3 Å². The molecule has 1 aromatic rings. The van der Waals surface area contributed by atoms with Gasteiger partial charge in [0.2, 0.25) is 5.91 Å². The van der Waals surface area contributed by atoms with E-state index in [2.05, 4.69) is 0 Å². The first-order valence-corrected chi connectivity index (χ1v) is 7.60. The van der Waals surface area contributed by atoms with Crippen molar-refractivity contribution in [2.45, 2.75) is 45.6 Å². The highest BCUT2D eigenvalue weighted by Gasteiger charge is 2.31. The Balaban J connectivity index is 2.99. The molecule has 22 heavy (non-hydrogen) atoms. The molecule has 0 aliphatic rings. The van der Waals surface area contributed by atoms with Crippen LogP contribution in [0.2, 0.25) is 0 Å². The molecule has 0 saturated heterocycles. The van der Waals surface area contributed by atoms with Crippen molar-refractivity contribution in [1.82, 2.24) is 4.90 Å². The van der Waals surface area contributed by atoms with Crippen LogP contribution in [0, 0.1) is 5.92 Å². The normalized spacial score (nSPS) is 14.1. The molecular formula is C18H27NO3. The van der Waals surface area contributed by atoms with E-state index in [1.165, 1.54) is 0 Å². The number of rotatable bonds is 5. The lowest BCUT2D eigenvalue weighted by Gasteiger charge is -2.27. The second kappa shape index (κ2) is 7.43. The van der Waals surface area contributed by atoms with Crippen molar-refractivity contribution in [3.8, 4) is 0 Å². The maximum absolute atomic E-state index is 12.4. The van der Waals surface area contributed by atoms with Gasteiger partial charge in [0, 0.05) is 26.4 Å². The van der Waals surface area contributed by atoms with E-state index in [0.717, 1.165) is 5.56 Å². The Labute approximate surface area is 133 Å². The Morgan fingerprint density at radius 1 is 1.14 bits per heavy atom. The standard InChI is InChI=1S/C18H27NO3/c1-13(17(21)22-18(2,3)4)15(12-16(20)19(5)6)14-10-8-7-9-11-14/h7-11,13,15H,12H2,1-6H3/t13-,15+/m1/s1. The second-order valence-electron chi connectivity index (χ2n) is 6.83. The van der Waals surface area contributed by atoms with Crippen LogP contribution in [0.15, 0.2) is 30.3 Å². The van der Waals surface area contributed by atoms with Gasteiger partial charge in [0.15, 0.2) is 0 Å². The molecule has 122 valence electrons. The summed E-state index contributed by atoms with van der Waals surface area (Å²) in [7, 11) is 3.45. The van der Waals surface area contributed by atoms with Crippen LogP contribution in [0.4, 0.5) is 0 Å². The average Bonchev–Trinajstić information content (AvgIpc) is 2.42. The maximum atomic E-state index is 12.4. The van der Waals surface area contributed by atoms with Gasteiger partial charge in [-0.2, -0.15) is 0 Å². The van der Waals surface area contributed by atoms with E-state index in [4.69, 9.17) is 4.74 Å². The SMILES string of the molecule is C[C@@H](C(=O)OC(C)(C)C)[C@H](CC(=O)N(C)C)c1ccccc1. The summed E-state index contributed by atoms with van der Waals surface area (Å²) in [5.74, 6) is -0.839. The van der Waals surface area contributed by atoms with Gasteiger partial charge in [0.25, 0.3) is 0 Å². The van der Waals surface area contributed by atoms with Gasteiger partial charge < -0.3 is 9.64 Å². The van der Waals surface area contributed by atoms with Crippen molar-refractivity contribution in [2.24, 2.45) is 5.92 Å². The summed E-state index contributed by atoms with van der Waals surface area (Å²) in [4.78, 5) is 26.0. The lowest BCUT2D eigenvalue weighted by Crippen LogP contribution is -2.32. The molecule has 0 aliphatic carbocycles. The van der Waals surface area contributed by atoms with Gasteiger partial charge in [0.05, 0.1) is 5.92 Å². The first-order valence-electron chi connectivity index (χ1n) is 7.60. The molecule has 0 aromatic heterocycles. The molecule has 0 N–H and O–H groups in total. The van der Waals surface area contributed by atoms with E-state index in [0.29, 0.717) is 0 Å². The van der Waals surface area contributed by atoms with Crippen LogP contribution >= 0.6 is 0 Å². The van der Waals surface area contributed by atoms with Gasteiger partial charge in [0.1, 0.15) is 5.60 Å². The lowest BCUT2D eigenvalue weighted by molar-refractivity contribution is -0.160. The summed E-state index contributed by atoms with van der Waals surface area (Å²) >= 11 is 0. The first-order chi connectivity index (χ1) is 10.1. The van der Waals surface area contributed by atoms with E-state index >= 15 is 0 Å². The fraction of sp³-hybridized carbons (Fsp3) is 0.556. The molecule has 1 amide bonds. The summed E-state index contributed by atoms with van der Waals surface area (Å²) in [5, 5.41) is 0. The number of hydrogen-bond donors (Lipinski definition) is 0. The van der Waals surface area contributed by atoms with Gasteiger partial charge in [-0.15, -0.1) is 0 Å². The van der Waals surface area contributed by atoms with E-state index in [1.807, 2.05) is 58.0 Å². The molecule has 0 heterocycles. The number of ether oxygens (including phenoxy) is 1. The molecule has 0 spiro atoms. The smallest absolute Gasteiger partial charge is 0.309 e. The van der Waals surface area contributed by atoms with Crippen LogP contribution in [-0.4, -0.2) is 36.5 Å². The van der Waals surface area contributed by atoms with Crippen molar-refractivity contribution in [3.05, 3.63) is 35.9 Å². The summed E-state index contributed by atoms with van der Waals surface area (Å²) < 4.78 is 5.48. The third-order valence-corrected chi connectivity index (χ3v) is 3.50. The number of nitrogens with zero attached hydrogens (tertiary/aromatic N) is 1. The maximum Gasteiger partial charge on any atom is 0.309 e. The van der Waals surface area contributed by atoms with E-state index in [1.54, 1.807) is 19.0 Å². The van der Waals surface area contributed by atoms with Crippen LogP contribution in [0.3, 0.4) is 0 Å². The fourth-order valence-electron chi connectivity index (χ4n) is 2.21. The van der Waals surface area contributed by atoms with E-state index < -0.39 is 5.60 Å². The number of esters is 1. The van der Waals surface area contributed by atoms with Crippen molar-refractivity contribution in [3.63, 3.8) is 0 Å². The number of carbonyl (C=O) groups is 2. The van der Waals surface area contributed by atoms with Gasteiger partial charge in [-0.3, -0.25) is 9.59 Å². The molecular weight excluding hydrogens is 278 g/mol. The number of hydrogen-bond acceptors (Lipinski definition) is 3. The minimum Gasteiger partial charge on any atom is -0.460 e. The molecule has 2 atom stereocenters. The zero-order chi connectivity index (χ0) is 16.9. The second-order valence-corrected chi connectivity index (χ2v) is 6.83. The third-order valence-electron chi connectivity index (χ3n) is 3.50. The molecule has 0 saturated carbocycles. The first kappa shape index (κ1) is 18.2. The summed E-state index contributed by atoms with van der Waals surface area (Å²) in [6.45, 7) is 7.37. The summed E-state index contributed by atoms with van der Waals surface area (Å²) in [6, 6.07) is 9.67. The highest BCUT2D eigenvalue weighted by molar-refractivity contribution is 5.79. The van der Waals surface area contributed by atoms with E-state index in [9.17, 15) is 9.59 Å². The zero-order valence-electron chi connectivity index (χ0n) is 14.4. The Hall–Kier alpha value is -1.84. The molecule has 1 rings (SSSR count). The molecule has 4 nitrogen and oxygen atoms in total. The van der Waals surface area contributed by atoms with Crippen LogP contribution in [0.1, 0.15) is 45.6 Å². The highest BCUT2D eigenvalue weighted by Crippen LogP contribution is 2.30. The quantitative estimate of drug-likeness (QED) is 0.785. The predicted molar refractivity (Wildman–Crippen MR) is 87.5 cm³/mol. The van der Waals surface area contributed by atoms with Gasteiger partial charge >= 0.3 is 5.97 Å². The number of carbonyl (C=O) groups excluding carboxylic acids is 2. The molecule has 0 aliphatic heterocycles. The van der Waals surface area contributed by atoms with Crippen LogP contribution in [0.5, 0.6) is 0 Å². The topological polar surface area (TPSA) is 46.6 Å². The van der Waals surface area contributed by atoms with Crippen molar-refractivity contribution >= 4 is 11.9 Å². The minimum atomic E-state index is -0.530. The molecule has 0 bridgehead atoms. The van der Waals surface area contributed by atoms with Crippen molar-refractivity contribution < 1.29 is 14.3 Å². The van der Waals surface area contributed by atoms with Crippen LogP contribution in [0.25, 0.3) is 0 Å². The van der Waals surface area contributed by atoms with Gasteiger partial charge in [-0.25, -0.2) is 0 Å². The lowest BCUT2D eigenvalue weighted by atomic mass is 9.84. The summed E-state index contributed by atoms with van der Waals surface area (Å²) in [6.07, 6.45) is 0.289. The van der Waals surface area contributed by atoms with Gasteiger partial charge in [-0.05, 0) is 26.3 Å².